The van der Waals surface area contributed by atoms with Gasteiger partial charge in [-0.25, -0.2) is 4.79 Å². The number of aryl methyl sites for hydroxylation is 1. The number of carbonyl (C=O) groups excluding carboxylic acids is 1. The molecular weight excluding hydrogens is 276 g/mol. The standard InChI is InChI=1S/C18H26N2O2/c1-14-4-2-3-5-16(14)18(8-9-18)13-19-17(22)20-10-6-15(12-21)7-11-20/h2-5,15,21H,6-13H2,1H3,(H,19,22). The van der Waals surface area contributed by atoms with Gasteiger partial charge >= 0.3 is 6.03 Å². The van der Waals surface area contributed by atoms with Gasteiger partial charge in [0.2, 0.25) is 0 Å². The van der Waals surface area contributed by atoms with E-state index in [2.05, 4.69) is 36.5 Å². The van der Waals surface area contributed by atoms with Gasteiger partial charge in [0.25, 0.3) is 0 Å². The third-order valence-corrected chi connectivity index (χ3v) is 5.31. The molecule has 1 aromatic carbocycles. The van der Waals surface area contributed by atoms with Gasteiger partial charge in [-0.1, -0.05) is 24.3 Å². The number of rotatable bonds is 4. The lowest BCUT2D eigenvalue weighted by Gasteiger charge is -2.31. The number of amides is 2. The first kappa shape index (κ1) is 15.3. The first-order valence-corrected chi connectivity index (χ1v) is 8.34. The molecule has 1 saturated heterocycles. The number of benzene rings is 1. The maximum Gasteiger partial charge on any atom is 0.317 e. The zero-order chi connectivity index (χ0) is 15.6. The van der Waals surface area contributed by atoms with Crippen LogP contribution in [0.2, 0.25) is 0 Å². The lowest BCUT2D eigenvalue weighted by molar-refractivity contribution is 0.137. The van der Waals surface area contributed by atoms with Crippen molar-refractivity contribution in [1.29, 1.82) is 0 Å². The van der Waals surface area contributed by atoms with E-state index < -0.39 is 0 Å². The lowest BCUT2D eigenvalue weighted by atomic mass is 9.92. The molecule has 1 aliphatic heterocycles. The predicted octanol–water partition coefficient (Wildman–Crippen LogP) is 2.44. The van der Waals surface area contributed by atoms with Crippen LogP contribution < -0.4 is 5.32 Å². The fourth-order valence-electron chi connectivity index (χ4n) is 3.54. The third-order valence-electron chi connectivity index (χ3n) is 5.31. The van der Waals surface area contributed by atoms with Crippen molar-refractivity contribution in [3.8, 4) is 0 Å². The zero-order valence-corrected chi connectivity index (χ0v) is 13.3. The number of piperidine rings is 1. The predicted molar refractivity (Wildman–Crippen MR) is 86.9 cm³/mol. The maximum atomic E-state index is 12.3. The molecule has 2 aliphatic rings. The fourth-order valence-corrected chi connectivity index (χ4v) is 3.54. The van der Waals surface area contributed by atoms with Crippen LogP contribution in [0.25, 0.3) is 0 Å². The number of aliphatic hydroxyl groups excluding tert-OH is 1. The summed E-state index contributed by atoms with van der Waals surface area (Å²) in [6.45, 7) is 4.64. The number of nitrogens with zero attached hydrogens (tertiary/aromatic N) is 1. The summed E-state index contributed by atoms with van der Waals surface area (Å²) in [5.74, 6) is 0.366. The van der Waals surface area contributed by atoms with Crippen molar-refractivity contribution in [3.63, 3.8) is 0 Å². The first-order valence-electron chi connectivity index (χ1n) is 8.34. The second kappa shape index (κ2) is 6.29. The summed E-state index contributed by atoms with van der Waals surface area (Å²) >= 11 is 0. The molecule has 1 saturated carbocycles. The third kappa shape index (κ3) is 3.12. The second-order valence-corrected chi connectivity index (χ2v) is 6.87. The second-order valence-electron chi connectivity index (χ2n) is 6.87. The molecule has 0 unspecified atom stereocenters. The number of carbonyl (C=O) groups is 1. The Balaban J connectivity index is 1.54. The van der Waals surface area contributed by atoms with Crippen LogP contribution in [0.1, 0.15) is 36.8 Å². The Morgan fingerprint density at radius 2 is 2.00 bits per heavy atom. The van der Waals surface area contributed by atoms with Gasteiger partial charge in [0.15, 0.2) is 0 Å². The van der Waals surface area contributed by atoms with E-state index in [-0.39, 0.29) is 18.1 Å². The van der Waals surface area contributed by atoms with Crippen LogP contribution in [0.4, 0.5) is 4.79 Å². The minimum Gasteiger partial charge on any atom is -0.396 e. The van der Waals surface area contributed by atoms with E-state index >= 15 is 0 Å². The molecular formula is C18H26N2O2. The Bertz CT molecular complexity index is 532. The van der Waals surface area contributed by atoms with E-state index in [0.29, 0.717) is 5.92 Å². The van der Waals surface area contributed by atoms with Gasteiger partial charge in [-0.3, -0.25) is 0 Å². The Kier molecular flexibility index (Phi) is 4.39. The van der Waals surface area contributed by atoms with Crippen LogP contribution in [0.3, 0.4) is 0 Å². The van der Waals surface area contributed by atoms with Crippen LogP contribution in [0.5, 0.6) is 0 Å². The van der Waals surface area contributed by atoms with Crippen molar-refractivity contribution in [2.24, 2.45) is 5.92 Å². The number of aliphatic hydroxyl groups is 1. The van der Waals surface area contributed by atoms with E-state index in [1.807, 2.05) is 4.90 Å². The van der Waals surface area contributed by atoms with Crippen molar-refractivity contribution in [3.05, 3.63) is 35.4 Å². The van der Waals surface area contributed by atoms with Crippen molar-refractivity contribution in [2.45, 2.75) is 38.0 Å². The normalized spacial score (nSPS) is 20.7. The minimum atomic E-state index is 0.0521. The van der Waals surface area contributed by atoms with E-state index in [1.54, 1.807) is 0 Å². The molecule has 0 atom stereocenters. The summed E-state index contributed by atoms with van der Waals surface area (Å²) < 4.78 is 0. The van der Waals surface area contributed by atoms with Crippen LogP contribution >= 0.6 is 0 Å². The molecule has 0 bridgehead atoms. The van der Waals surface area contributed by atoms with Gasteiger partial charge in [0.1, 0.15) is 0 Å². The molecule has 0 radical (unpaired) electrons. The Morgan fingerprint density at radius 3 is 2.59 bits per heavy atom. The summed E-state index contributed by atoms with van der Waals surface area (Å²) in [5.41, 5.74) is 2.86. The molecule has 1 aliphatic carbocycles. The van der Waals surface area contributed by atoms with Gasteiger partial charge in [-0.2, -0.15) is 0 Å². The van der Waals surface area contributed by atoms with Gasteiger partial charge < -0.3 is 15.3 Å². The quantitative estimate of drug-likeness (QED) is 0.897. The summed E-state index contributed by atoms with van der Waals surface area (Å²) in [5, 5.41) is 12.3. The smallest absolute Gasteiger partial charge is 0.317 e. The lowest BCUT2D eigenvalue weighted by Crippen LogP contribution is -2.46. The van der Waals surface area contributed by atoms with Gasteiger partial charge in [-0.05, 0) is 49.7 Å². The Hall–Kier alpha value is -1.55. The zero-order valence-electron chi connectivity index (χ0n) is 13.3. The van der Waals surface area contributed by atoms with Crippen molar-refractivity contribution < 1.29 is 9.90 Å². The molecule has 1 aromatic rings. The molecule has 2 N–H and O–H groups in total. The number of hydrogen-bond acceptors (Lipinski definition) is 2. The molecule has 120 valence electrons. The summed E-state index contributed by atoms with van der Waals surface area (Å²) in [7, 11) is 0. The van der Waals surface area contributed by atoms with E-state index in [9.17, 15) is 4.79 Å². The van der Waals surface area contributed by atoms with Crippen molar-refractivity contribution in [1.82, 2.24) is 10.2 Å². The van der Waals surface area contributed by atoms with Crippen molar-refractivity contribution in [2.75, 3.05) is 26.2 Å². The van der Waals surface area contributed by atoms with E-state index in [0.717, 1.165) is 45.3 Å². The highest BCUT2D eigenvalue weighted by molar-refractivity contribution is 5.74. The van der Waals surface area contributed by atoms with Crippen LogP contribution in [0.15, 0.2) is 24.3 Å². The van der Waals surface area contributed by atoms with Crippen LogP contribution in [-0.4, -0.2) is 42.3 Å². The summed E-state index contributed by atoms with van der Waals surface area (Å²) in [4.78, 5) is 14.2. The molecule has 0 spiro atoms. The fraction of sp³-hybridized carbons (Fsp3) is 0.611. The van der Waals surface area contributed by atoms with Crippen LogP contribution in [-0.2, 0) is 5.41 Å². The number of likely N-dealkylation sites (tertiary alicyclic amines) is 1. The topological polar surface area (TPSA) is 52.6 Å². The molecule has 4 nitrogen and oxygen atoms in total. The Labute approximate surface area is 132 Å². The van der Waals surface area contributed by atoms with E-state index in [1.165, 1.54) is 11.1 Å². The molecule has 0 aromatic heterocycles. The maximum absolute atomic E-state index is 12.3. The monoisotopic (exact) mass is 302 g/mol. The minimum absolute atomic E-state index is 0.0521. The largest absolute Gasteiger partial charge is 0.396 e. The molecule has 2 amide bonds. The highest BCUT2D eigenvalue weighted by Gasteiger charge is 2.45. The number of urea groups is 1. The van der Waals surface area contributed by atoms with Crippen LogP contribution in [0, 0.1) is 12.8 Å². The molecule has 1 heterocycles. The van der Waals surface area contributed by atoms with E-state index in [4.69, 9.17) is 5.11 Å². The number of nitrogens with one attached hydrogen (secondary N) is 1. The SMILES string of the molecule is Cc1ccccc1C1(CNC(=O)N2CCC(CO)CC2)CC1. The average molecular weight is 302 g/mol. The average Bonchev–Trinajstić information content (AvgIpc) is 3.34. The number of hydrogen-bond donors (Lipinski definition) is 2. The summed E-state index contributed by atoms with van der Waals surface area (Å²) in [6.07, 6.45) is 4.13. The van der Waals surface area contributed by atoms with Crippen molar-refractivity contribution >= 4 is 6.03 Å². The van der Waals surface area contributed by atoms with Gasteiger partial charge in [0.05, 0.1) is 0 Å². The Morgan fingerprint density at radius 1 is 1.32 bits per heavy atom. The first-order chi connectivity index (χ1) is 10.6. The highest BCUT2D eigenvalue weighted by atomic mass is 16.3. The molecule has 4 heteroatoms. The summed E-state index contributed by atoms with van der Waals surface area (Å²) in [6, 6.07) is 8.55. The molecule has 3 rings (SSSR count). The van der Waals surface area contributed by atoms with Gasteiger partial charge in [0, 0.05) is 31.7 Å². The highest BCUT2D eigenvalue weighted by Crippen LogP contribution is 2.48. The van der Waals surface area contributed by atoms with Gasteiger partial charge in [-0.15, -0.1) is 0 Å². The molecule has 2 fully saturated rings. The molecule has 22 heavy (non-hydrogen) atoms.